The van der Waals surface area contributed by atoms with Gasteiger partial charge in [-0.25, -0.2) is 0 Å². The van der Waals surface area contributed by atoms with Crippen LogP contribution in [-0.2, 0) is 0 Å². The van der Waals surface area contributed by atoms with Crippen molar-refractivity contribution in [3.05, 3.63) is 6.92 Å². The van der Waals surface area contributed by atoms with Gasteiger partial charge in [-0.3, -0.25) is 0 Å². The predicted octanol–water partition coefficient (Wildman–Crippen LogP) is 0.129. The molecule has 0 spiro atoms. The van der Waals surface area contributed by atoms with Crippen LogP contribution in [0.1, 0.15) is 19.3 Å². The van der Waals surface area contributed by atoms with Crippen LogP contribution in [0, 0.1) is 6.92 Å². The highest BCUT2D eigenvalue weighted by Gasteiger charge is 1.86. The monoisotopic (exact) mass is 172 g/mol. The van der Waals surface area contributed by atoms with Crippen LogP contribution in [0.3, 0.4) is 0 Å². The summed E-state index contributed by atoms with van der Waals surface area (Å²) in [5.41, 5.74) is 5.35. The van der Waals surface area contributed by atoms with Crippen LogP contribution in [0.25, 0.3) is 0 Å². The molecule has 3 nitrogen and oxygen atoms in total. The largest absolute Gasteiger partial charge is 0.330 e. The molecular weight excluding hydrogens is 150 g/mol. The standard InChI is InChI=1S/C9H22N3/c1-2-3-6-11-8-9-12-7-4-5-10/h11-12H,1-10H2. The van der Waals surface area contributed by atoms with Crippen molar-refractivity contribution in [2.75, 3.05) is 32.7 Å². The minimum Gasteiger partial charge on any atom is -0.330 e. The summed E-state index contributed by atoms with van der Waals surface area (Å²) in [6, 6.07) is 0. The highest BCUT2D eigenvalue weighted by Crippen LogP contribution is 1.80. The van der Waals surface area contributed by atoms with Crippen molar-refractivity contribution in [2.45, 2.75) is 19.3 Å². The molecule has 0 aromatic heterocycles. The summed E-state index contributed by atoms with van der Waals surface area (Å²) in [7, 11) is 0. The fourth-order valence-corrected chi connectivity index (χ4v) is 0.904. The van der Waals surface area contributed by atoms with Crippen molar-refractivity contribution < 1.29 is 0 Å². The number of nitrogens with two attached hydrogens (primary N) is 1. The zero-order valence-corrected chi connectivity index (χ0v) is 7.94. The van der Waals surface area contributed by atoms with E-state index in [-0.39, 0.29) is 0 Å². The highest BCUT2D eigenvalue weighted by molar-refractivity contribution is 4.53. The average Bonchev–Trinajstić information content (AvgIpc) is 2.10. The van der Waals surface area contributed by atoms with Crippen molar-refractivity contribution in [3.8, 4) is 0 Å². The Morgan fingerprint density at radius 2 is 1.50 bits per heavy atom. The van der Waals surface area contributed by atoms with E-state index in [4.69, 9.17) is 5.73 Å². The van der Waals surface area contributed by atoms with Crippen molar-refractivity contribution >= 4 is 0 Å². The molecule has 0 bridgehead atoms. The lowest BCUT2D eigenvalue weighted by molar-refractivity contribution is 0.589. The van der Waals surface area contributed by atoms with Crippen LogP contribution < -0.4 is 16.4 Å². The van der Waals surface area contributed by atoms with Gasteiger partial charge in [-0.05, 0) is 32.5 Å². The SMILES string of the molecule is [CH2]CCCNCCNCCCN. The molecule has 0 rings (SSSR count). The molecule has 0 fully saturated rings. The smallest absolute Gasteiger partial charge is 0.00767 e. The third-order valence-electron chi connectivity index (χ3n) is 1.64. The topological polar surface area (TPSA) is 50.1 Å². The fraction of sp³-hybridized carbons (Fsp3) is 0.889. The molecule has 1 radical (unpaired) electrons. The van der Waals surface area contributed by atoms with E-state index < -0.39 is 0 Å². The molecule has 0 amide bonds. The quantitative estimate of drug-likeness (QED) is 0.433. The average molecular weight is 172 g/mol. The molecule has 12 heavy (non-hydrogen) atoms. The second-order valence-electron chi connectivity index (χ2n) is 2.85. The summed E-state index contributed by atoms with van der Waals surface area (Å²) in [5, 5.41) is 6.63. The number of rotatable bonds is 9. The van der Waals surface area contributed by atoms with Crippen LogP contribution in [0.5, 0.6) is 0 Å². The van der Waals surface area contributed by atoms with E-state index in [1.165, 1.54) is 6.42 Å². The molecule has 0 aromatic rings. The van der Waals surface area contributed by atoms with Crippen LogP contribution >= 0.6 is 0 Å². The maximum atomic E-state index is 5.35. The zero-order chi connectivity index (χ0) is 9.07. The molecule has 3 heteroatoms. The number of nitrogens with one attached hydrogen (secondary N) is 2. The summed E-state index contributed by atoms with van der Waals surface area (Å²) < 4.78 is 0. The molecule has 0 aliphatic rings. The first-order chi connectivity index (χ1) is 5.91. The molecule has 0 saturated heterocycles. The summed E-state index contributed by atoms with van der Waals surface area (Å²) >= 11 is 0. The second-order valence-corrected chi connectivity index (χ2v) is 2.85. The first kappa shape index (κ1) is 11.9. The van der Waals surface area contributed by atoms with Gasteiger partial charge in [-0.15, -0.1) is 0 Å². The molecule has 0 atom stereocenters. The van der Waals surface area contributed by atoms with Gasteiger partial charge in [0.2, 0.25) is 0 Å². The van der Waals surface area contributed by atoms with Crippen LogP contribution in [0.15, 0.2) is 0 Å². The van der Waals surface area contributed by atoms with E-state index in [0.717, 1.165) is 45.6 Å². The van der Waals surface area contributed by atoms with Gasteiger partial charge in [0.05, 0.1) is 0 Å². The minimum absolute atomic E-state index is 0.780. The lowest BCUT2D eigenvalue weighted by Crippen LogP contribution is -2.29. The van der Waals surface area contributed by atoms with E-state index in [1.807, 2.05) is 0 Å². The Morgan fingerprint density at radius 3 is 2.00 bits per heavy atom. The number of unbranched alkanes of at least 4 members (excludes halogenated alkanes) is 1. The van der Waals surface area contributed by atoms with E-state index in [1.54, 1.807) is 0 Å². The van der Waals surface area contributed by atoms with Crippen molar-refractivity contribution in [2.24, 2.45) is 5.73 Å². The molecule has 0 aromatic carbocycles. The van der Waals surface area contributed by atoms with Crippen LogP contribution in [0.2, 0.25) is 0 Å². The van der Waals surface area contributed by atoms with Gasteiger partial charge in [0.25, 0.3) is 0 Å². The van der Waals surface area contributed by atoms with E-state index >= 15 is 0 Å². The Morgan fingerprint density at radius 1 is 0.917 bits per heavy atom. The molecule has 0 aliphatic heterocycles. The van der Waals surface area contributed by atoms with E-state index in [9.17, 15) is 0 Å². The zero-order valence-electron chi connectivity index (χ0n) is 7.94. The third-order valence-corrected chi connectivity index (χ3v) is 1.64. The van der Waals surface area contributed by atoms with Crippen LogP contribution in [0.4, 0.5) is 0 Å². The summed E-state index contributed by atoms with van der Waals surface area (Å²) in [5.74, 6) is 0. The van der Waals surface area contributed by atoms with Gasteiger partial charge < -0.3 is 16.4 Å². The van der Waals surface area contributed by atoms with Gasteiger partial charge in [0, 0.05) is 13.1 Å². The predicted molar refractivity (Wildman–Crippen MR) is 54.0 cm³/mol. The maximum absolute atomic E-state index is 5.35. The Bertz CT molecular complexity index is 66.2. The Kier molecular flexibility index (Phi) is 10.8. The normalized spacial score (nSPS) is 10.5. The number of hydrogen-bond donors (Lipinski definition) is 3. The van der Waals surface area contributed by atoms with Crippen molar-refractivity contribution in [3.63, 3.8) is 0 Å². The fourth-order valence-electron chi connectivity index (χ4n) is 0.904. The van der Waals surface area contributed by atoms with Gasteiger partial charge >= 0.3 is 0 Å². The molecule has 0 unspecified atom stereocenters. The number of hydrogen-bond acceptors (Lipinski definition) is 3. The van der Waals surface area contributed by atoms with E-state index in [2.05, 4.69) is 17.6 Å². The molecule has 4 N–H and O–H groups in total. The lowest BCUT2D eigenvalue weighted by atomic mass is 10.3. The Labute approximate surface area is 76.1 Å². The van der Waals surface area contributed by atoms with Crippen molar-refractivity contribution in [1.29, 1.82) is 0 Å². The van der Waals surface area contributed by atoms with Gasteiger partial charge in [-0.1, -0.05) is 13.3 Å². The van der Waals surface area contributed by atoms with Gasteiger partial charge in [0.1, 0.15) is 0 Å². The van der Waals surface area contributed by atoms with Crippen LogP contribution in [-0.4, -0.2) is 32.7 Å². The molecule has 0 aliphatic carbocycles. The minimum atomic E-state index is 0.780. The van der Waals surface area contributed by atoms with Crippen molar-refractivity contribution in [1.82, 2.24) is 10.6 Å². The van der Waals surface area contributed by atoms with Gasteiger partial charge in [0.15, 0.2) is 0 Å². The molecule has 73 valence electrons. The Balaban J connectivity index is 2.73. The highest BCUT2D eigenvalue weighted by atomic mass is 14.9. The first-order valence-corrected chi connectivity index (χ1v) is 4.82. The summed E-state index contributed by atoms with van der Waals surface area (Å²) in [6.45, 7) is 8.76. The molecule has 0 heterocycles. The first-order valence-electron chi connectivity index (χ1n) is 4.82. The Hall–Kier alpha value is -0.120. The maximum Gasteiger partial charge on any atom is 0.00767 e. The van der Waals surface area contributed by atoms with Gasteiger partial charge in [-0.2, -0.15) is 0 Å². The molecular formula is C9H22N3. The summed E-state index contributed by atoms with van der Waals surface area (Å²) in [6.07, 6.45) is 3.26. The second kappa shape index (κ2) is 10.9. The molecule has 0 saturated carbocycles. The lowest BCUT2D eigenvalue weighted by Gasteiger charge is -2.04. The third kappa shape index (κ3) is 9.88. The summed E-state index contributed by atoms with van der Waals surface area (Å²) in [4.78, 5) is 0. The van der Waals surface area contributed by atoms with E-state index in [0.29, 0.717) is 0 Å².